The van der Waals surface area contributed by atoms with Crippen molar-refractivity contribution < 1.29 is 35.9 Å². The Morgan fingerprint density at radius 3 is 2.38 bits per heavy atom. The van der Waals surface area contributed by atoms with E-state index in [1.54, 1.807) is 6.92 Å². The number of halogens is 3. The van der Waals surface area contributed by atoms with Crippen LogP contribution in [0.3, 0.4) is 0 Å². The van der Waals surface area contributed by atoms with Crippen LogP contribution >= 0.6 is 11.3 Å². The summed E-state index contributed by atoms with van der Waals surface area (Å²) in [6.45, 7) is 1.84. The topological polar surface area (TPSA) is 92.8 Å². The van der Waals surface area contributed by atoms with Crippen LogP contribution in [0, 0.1) is 0 Å². The third-order valence-corrected chi connectivity index (χ3v) is 7.53. The highest BCUT2D eigenvalue weighted by Crippen LogP contribution is 2.32. The molecule has 3 aromatic rings. The average Bonchev–Trinajstić information content (AvgIpc) is 3.29. The van der Waals surface area contributed by atoms with Crippen LogP contribution < -0.4 is 9.62 Å². The van der Waals surface area contributed by atoms with Crippen LogP contribution in [0.15, 0.2) is 64.9 Å². The fourth-order valence-electron chi connectivity index (χ4n) is 2.94. The van der Waals surface area contributed by atoms with Gasteiger partial charge in [0.25, 0.3) is 15.9 Å². The fraction of sp³-hybridized carbons (Fsp3) is 0.182. The van der Waals surface area contributed by atoms with Gasteiger partial charge in [0, 0.05) is 12.7 Å². The van der Waals surface area contributed by atoms with Crippen molar-refractivity contribution in [3.8, 4) is 0 Å². The Bertz CT molecular complexity index is 1300. The molecule has 0 aliphatic rings. The lowest BCUT2D eigenvalue weighted by molar-refractivity contribution is -0.137. The number of carbonyl (C=O) groups is 2. The Labute approximate surface area is 197 Å². The van der Waals surface area contributed by atoms with Gasteiger partial charge in [0.1, 0.15) is 9.77 Å². The molecule has 180 valence electrons. The number of hydrogen-bond donors (Lipinski definition) is 1. The quantitative estimate of drug-likeness (QED) is 0.449. The third kappa shape index (κ3) is 5.39. The van der Waals surface area contributed by atoms with E-state index in [1.807, 2.05) is 0 Å². The zero-order valence-corrected chi connectivity index (χ0v) is 19.6. The first-order valence-corrected chi connectivity index (χ1v) is 12.1. The van der Waals surface area contributed by atoms with Crippen LogP contribution in [0.25, 0.3) is 0 Å². The lowest BCUT2D eigenvalue weighted by Crippen LogP contribution is -2.28. The molecule has 1 N–H and O–H groups in total. The van der Waals surface area contributed by atoms with Gasteiger partial charge in [-0.05, 0) is 60.8 Å². The summed E-state index contributed by atoms with van der Waals surface area (Å²) < 4.78 is 70.4. The maximum absolute atomic E-state index is 13.1. The van der Waals surface area contributed by atoms with E-state index in [1.165, 1.54) is 42.8 Å². The Morgan fingerprint density at radius 1 is 1.09 bits per heavy atom. The maximum atomic E-state index is 13.1. The number of nitrogens with zero attached hydrogens (tertiary/aromatic N) is 1. The van der Waals surface area contributed by atoms with Crippen LogP contribution in [-0.2, 0) is 20.9 Å². The summed E-state index contributed by atoms with van der Waals surface area (Å²) in [4.78, 5) is 24.3. The van der Waals surface area contributed by atoms with Gasteiger partial charge in [0.15, 0.2) is 0 Å². The molecule has 2 aromatic carbocycles. The van der Waals surface area contributed by atoms with Gasteiger partial charge >= 0.3 is 12.1 Å². The molecule has 1 amide bonds. The summed E-state index contributed by atoms with van der Waals surface area (Å²) in [7, 11) is -3.09. The number of alkyl halides is 3. The summed E-state index contributed by atoms with van der Waals surface area (Å²) in [6, 6.07) is 10.8. The van der Waals surface area contributed by atoms with Crippen molar-refractivity contribution in [2.45, 2.75) is 18.0 Å². The third-order valence-electron chi connectivity index (χ3n) is 4.66. The zero-order chi connectivity index (χ0) is 25.1. The van der Waals surface area contributed by atoms with Gasteiger partial charge in [-0.15, -0.1) is 11.3 Å². The van der Waals surface area contributed by atoms with Crippen molar-refractivity contribution in [2.24, 2.45) is 0 Å². The van der Waals surface area contributed by atoms with Crippen LogP contribution in [0.2, 0.25) is 0 Å². The van der Waals surface area contributed by atoms with Gasteiger partial charge in [-0.1, -0.05) is 6.07 Å². The minimum Gasteiger partial charge on any atom is -0.462 e. The van der Waals surface area contributed by atoms with Gasteiger partial charge in [0.05, 0.1) is 23.4 Å². The molecule has 3 rings (SSSR count). The normalized spacial score (nSPS) is 11.7. The Hall–Kier alpha value is -3.38. The van der Waals surface area contributed by atoms with Crippen molar-refractivity contribution in [2.75, 3.05) is 23.3 Å². The van der Waals surface area contributed by atoms with E-state index in [2.05, 4.69) is 5.32 Å². The molecule has 0 fully saturated rings. The number of benzene rings is 2. The molecule has 0 unspecified atom stereocenters. The second-order valence-electron chi connectivity index (χ2n) is 6.89. The predicted octanol–water partition coefficient (Wildman–Crippen LogP) is 5.02. The monoisotopic (exact) mass is 512 g/mol. The molecule has 1 aromatic heterocycles. The van der Waals surface area contributed by atoms with E-state index < -0.39 is 33.6 Å². The SMILES string of the molecule is CCOC(=O)c1cccc(NC(=O)c2sccc2S(=O)(=O)N(C)c2ccc(C(F)(F)F)cc2)c1. The number of ether oxygens (including phenoxy) is 1. The largest absolute Gasteiger partial charge is 0.462 e. The summed E-state index contributed by atoms with van der Waals surface area (Å²) in [5.41, 5.74) is -0.459. The van der Waals surface area contributed by atoms with E-state index in [0.717, 1.165) is 39.9 Å². The van der Waals surface area contributed by atoms with Crippen LogP contribution in [0.1, 0.15) is 32.5 Å². The number of sulfonamides is 1. The fourth-order valence-corrected chi connectivity index (χ4v) is 5.43. The first-order chi connectivity index (χ1) is 15.9. The van der Waals surface area contributed by atoms with E-state index in [4.69, 9.17) is 4.74 Å². The van der Waals surface area contributed by atoms with Crippen LogP contribution in [0.5, 0.6) is 0 Å². The smallest absolute Gasteiger partial charge is 0.416 e. The molecule has 0 spiro atoms. The molecular weight excluding hydrogens is 493 g/mol. The Kier molecular flexibility index (Phi) is 7.32. The standard InChI is InChI=1S/C22H19F3N2O5S2/c1-3-32-21(29)14-5-4-6-16(13-14)26-20(28)19-18(11-12-33-19)34(30,31)27(2)17-9-7-15(8-10-17)22(23,24)25/h4-13H,3H2,1-2H3,(H,26,28). The summed E-state index contributed by atoms with van der Waals surface area (Å²) >= 11 is 0.883. The van der Waals surface area contributed by atoms with E-state index in [-0.39, 0.29) is 33.3 Å². The molecule has 0 saturated carbocycles. The van der Waals surface area contributed by atoms with Crippen molar-refractivity contribution in [3.63, 3.8) is 0 Å². The second-order valence-corrected chi connectivity index (χ2v) is 9.74. The number of hydrogen-bond acceptors (Lipinski definition) is 6. The molecule has 0 radical (unpaired) electrons. The highest BCUT2D eigenvalue weighted by molar-refractivity contribution is 7.93. The molecule has 0 atom stereocenters. The summed E-state index contributed by atoms with van der Waals surface area (Å²) in [6.07, 6.45) is -4.56. The van der Waals surface area contributed by atoms with Gasteiger partial charge in [0.2, 0.25) is 0 Å². The molecule has 0 bridgehead atoms. The first-order valence-electron chi connectivity index (χ1n) is 9.77. The number of rotatable bonds is 7. The lowest BCUT2D eigenvalue weighted by Gasteiger charge is -2.20. The lowest BCUT2D eigenvalue weighted by atomic mass is 10.2. The van der Waals surface area contributed by atoms with E-state index in [0.29, 0.717) is 0 Å². The zero-order valence-electron chi connectivity index (χ0n) is 17.9. The van der Waals surface area contributed by atoms with Gasteiger partial charge in [-0.3, -0.25) is 9.10 Å². The van der Waals surface area contributed by atoms with Crippen molar-refractivity contribution in [1.29, 1.82) is 0 Å². The number of thiophene rings is 1. The predicted molar refractivity (Wildman–Crippen MR) is 122 cm³/mol. The number of anilines is 2. The van der Waals surface area contributed by atoms with E-state index >= 15 is 0 Å². The molecule has 0 aliphatic carbocycles. The second kappa shape index (κ2) is 9.85. The highest BCUT2D eigenvalue weighted by atomic mass is 32.2. The van der Waals surface area contributed by atoms with Crippen LogP contribution in [0.4, 0.5) is 24.5 Å². The molecule has 12 heteroatoms. The molecule has 0 aliphatic heterocycles. The van der Waals surface area contributed by atoms with Gasteiger partial charge in [-0.2, -0.15) is 13.2 Å². The van der Waals surface area contributed by atoms with Crippen molar-refractivity contribution in [3.05, 3.63) is 76.0 Å². The van der Waals surface area contributed by atoms with Gasteiger partial charge in [-0.25, -0.2) is 13.2 Å². The van der Waals surface area contributed by atoms with Crippen LogP contribution in [-0.4, -0.2) is 33.9 Å². The molecular formula is C22H19F3N2O5S2. The molecule has 1 heterocycles. The number of amides is 1. The maximum Gasteiger partial charge on any atom is 0.416 e. The minimum atomic E-state index is -4.56. The van der Waals surface area contributed by atoms with Gasteiger partial charge < -0.3 is 10.1 Å². The van der Waals surface area contributed by atoms with Crippen molar-refractivity contribution >= 4 is 44.6 Å². The molecule has 34 heavy (non-hydrogen) atoms. The van der Waals surface area contributed by atoms with E-state index in [9.17, 15) is 31.2 Å². The Morgan fingerprint density at radius 2 is 1.76 bits per heavy atom. The van der Waals surface area contributed by atoms with Crippen molar-refractivity contribution in [1.82, 2.24) is 0 Å². The number of carbonyl (C=O) groups excluding carboxylic acids is 2. The first kappa shape index (κ1) is 25.2. The molecule has 7 nitrogen and oxygen atoms in total. The number of nitrogens with one attached hydrogen (secondary N) is 1. The Balaban J connectivity index is 1.85. The molecule has 0 saturated heterocycles. The number of esters is 1. The average molecular weight is 513 g/mol. The summed E-state index contributed by atoms with van der Waals surface area (Å²) in [5, 5.41) is 3.97. The highest BCUT2D eigenvalue weighted by Gasteiger charge is 2.32. The minimum absolute atomic E-state index is 0.00676. The summed E-state index contributed by atoms with van der Waals surface area (Å²) in [5.74, 6) is -1.30.